The predicted molar refractivity (Wildman–Crippen MR) is 94.0 cm³/mol. The number of hydrogen-bond donors (Lipinski definition) is 0. The van der Waals surface area contributed by atoms with Gasteiger partial charge in [-0.1, -0.05) is 23.8 Å². The van der Waals surface area contributed by atoms with Crippen molar-refractivity contribution >= 4 is 21.4 Å². The molecular weight excluding hydrogens is 330 g/mol. The normalized spacial score (nSPS) is 17.5. The van der Waals surface area contributed by atoms with Gasteiger partial charge in [0.25, 0.3) is 0 Å². The largest absolute Gasteiger partial charge is 0.295 e. The van der Waals surface area contributed by atoms with E-state index in [4.69, 9.17) is 4.98 Å². The van der Waals surface area contributed by atoms with E-state index in [1.165, 1.54) is 11.8 Å². The van der Waals surface area contributed by atoms with Crippen molar-refractivity contribution < 1.29 is 8.42 Å². The first-order chi connectivity index (χ1) is 10.9. The number of aromatic nitrogens is 1. The van der Waals surface area contributed by atoms with E-state index in [9.17, 15) is 8.42 Å². The van der Waals surface area contributed by atoms with Crippen molar-refractivity contribution in [3.63, 3.8) is 0 Å². The van der Waals surface area contributed by atoms with Gasteiger partial charge in [-0.15, -0.1) is 11.3 Å². The fourth-order valence-corrected chi connectivity index (χ4v) is 4.37. The monoisotopic (exact) mass is 351 g/mol. The van der Waals surface area contributed by atoms with E-state index in [1.54, 1.807) is 15.6 Å². The molecule has 1 aromatic heterocycles. The summed E-state index contributed by atoms with van der Waals surface area (Å²) in [5, 5.41) is 3.14. The summed E-state index contributed by atoms with van der Waals surface area (Å²) in [6.45, 7) is 5.50. The van der Waals surface area contributed by atoms with Gasteiger partial charge in [0.1, 0.15) is 5.01 Å². The molecular formula is C16H21N3O2S2. The van der Waals surface area contributed by atoms with Gasteiger partial charge < -0.3 is 0 Å². The zero-order chi connectivity index (χ0) is 16.4. The Hall–Kier alpha value is -1.28. The summed E-state index contributed by atoms with van der Waals surface area (Å²) in [6, 6.07) is 8.36. The van der Waals surface area contributed by atoms with Gasteiger partial charge >= 0.3 is 0 Å². The SMILES string of the molecule is Cc1cccc(-c2nc(CN3CCN(S(C)(=O)=O)CC3)cs2)c1. The number of nitrogens with zero attached hydrogens (tertiary/aromatic N) is 3. The van der Waals surface area contributed by atoms with Gasteiger partial charge in [0.15, 0.2) is 0 Å². The minimum atomic E-state index is -3.07. The third kappa shape index (κ3) is 4.17. The molecule has 23 heavy (non-hydrogen) atoms. The highest BCUT2D eigenvalue weighted by Crippen LogP contribution is 2.25. The highest BCUT2D eigenvalue weighted by Gasteiger charge is 2.23. The van der Waals surface area contributed by atoms with Crippen molar-refractivity contribution in [2.45, 2.75) is 13.5 Å². The van der Waals surface area contributed by atoms with Crippen LogP contribution >= 0.6 is 11.3 Å². The highest BCUT2D eigenvalue weighted by molar-refractivity contribution is 7.88. The Balaban J connectivity index is 1.62. The Morgan fingerprint density at radius 1 is 1.22 bits per heavy atom. The van der Waals surface area contributed by atoms with E-state index in [0.717, 1.165) is 35.9 Å². The van der Waals surface area contributed by atoms with Gasteiger partial charge in [-0.2, -0.15) is 4.31 Å². The molecule has 0 atom stereocenters. The number of hydrogen-bond acceptors (Lipinski definition) is 5. The third-order valence-electron chi connectivity index (χ3n) is 4.00. The molecule has 5 nitrogen and oxygen atoms in total. The van der Waals surface area contributed by atoms with E-state index in [0.29, 0.717) is 13.1 Å². The van der Waals surface area contributed by atoms with Crippen LogP contribution in [0.25, 0.3) is 10.6 Å². The van der Waals surface area contributed by atoms with Gasteiger partial charge in [0.05, 0.1) is 11.9 Å². The Morgan fingerprint density at radius 2 is 1.96 bits per heavy atom. The molecule has 0 unspecified atom stereocenters. The first-order valence-corrected chi connectivity index (χ1v) is 10.3. The first kappa shape index (κ1) is 16.6. The second-order valence-electron chi connectivity index (χ2n) is 5.95. The maximum atomic E-state index is 11.5. The second-order valence-corrected chi connectivity index (χ2v) is 8.79. The summed E-state index contributed by atoms with van der Waals surface area (Å²) >= 11 is 1.66. The fourth-order valence-electron chi connectivity index (χ4n) is 2.74. The average Bonchev–Trinajstić information content (AvgIpc) is 2.95. The van der Waals surface area contributed by atoms with Gasteiger partial charge in [-0.25, -0.2) is 13.4 Å². The van der Waals surface area contributed by atoms with Gasteiger partial charge in [-0.05, 0) is 13.0 Å². The minimum absolute atomic E-state index is 0.563. The van der Waals surface area contributed by atoms with Gasteiger partial charge in [0.2, 0.25) is 10.0 Å². The van der Waals surface area contributed by atoms with Crippen LogP contribution in [0.3, 0.4) is 0 Å². The zero-order valence-electron chi connectivity index (χ0n) is 13.4. The van der Waals surface area contributed by atoms with Crippen LogP contribution in [-0.2, 0) is 16.6 Å². The van der Waals surface area contributed by atoms with Crippen molar-refractivity contribution in [3.8, 4) is 10.6 Å². The number of aryl methyl sites for hydroxylation is 1. The molecule has 7 heteroatoms. The molecule has 0 radical (unpaired) electrons. The zero-order valence-corrected chi connectivity index (χ0v) is 15.0. The summed E-state index contributed by atoms with van der Waals surface area (Å²) in [5.74, 6) is 0. The van der Waals surface area contributed by atoms with Crippen molar-refractivity contribution in [2.24, 2.45) is 0 Å². The van der Waals surface area contributed by atoms with Gasteiger partial charge in [0, 0.05) is 43.7 Å². The molecule has 1 aromatic carbocycles. The summed E-state index contributed by atoms with van der Waals surface area (Å²) in [7, 11) is -3.07. The molecule has 0 amide bonds. The van der Waals surface area contributed by atoms with E-state index >= 15 is 0 Å². The van der Waals surface area contributed by atoms with Crippen LogP contribution in [0, 0.1) is 6.92 Å². The minimum Gasteiger partial charge on any atom is -0.295 e. The Bertz CT molecular complexity index is 778. The number of thiazole rings is 1. The smallest absolute Gasteiger partial charge is 0.211 e. The van der Waals surface area contributed by atoms with Crippen molar-refractivity contribution in [3.05, 3.63) is 40.9 Å². The lowest BCUT2D eigenvalue weighted by Crippen LogP contribution is -2.47. The van der Waals surface area contributed by atoms with E-state index in [-0.39, 0.29) is 0 Å². The van der Waals surface area contributed by atoms with Crippen molar-refractivity contribution in [1.29, 1.82) is 0 Å². The van der Waals surface area contributed by atoms with Crippen LogP contribution in [0.4, 0.5) is 0 Å². The van der Waals surface area contributed by atoms with Crippen LogP contribution in [0.15, 0.2) is 29.6 Å². The number of piperazine rings is 1. The predicted octanol–water partition coefficient (Wildman–Crippen LogP) is 2.20. The summed E-state index contributed by atoms with van der Waals surface area (Å²) in [5.41, 5.74) is 3.44. The maximum Gasteiger partial charge on any atom is 0.211 e. The molecule has 124 valence electrons. The lowest BCUT2D eigenvalue weighted by Gasteiger charge is -2.32. The summed E-state index contributed by atoms with van der Waals surface area (Å²) < 4.78 is 24.6. The lowest BCUT2D eigenvalue weighted by molar-refractivity contribution is 0.181. The molecule has 0 saturated carbocycles. The third-order valence-corrected chi connectivity index (χ3v) is 6.25. The van der Waals surface area contributed by atoms with Crippen LogP contribution in [0.2, 0.25) is 0 Å². The fraction of sp³-hybridized carbons (Fsp3) is 0.438. The number of sulfonamides is 1. The molecule has 0 aliphatic carbocycles. The number of benzene rings is 1. The number of rotatable bonds is 4. The lowest BCUT2D eigenvalue weighted by atomic mass is 10.1. The second kappa shape index (κ2) is 6.68. The molecule has 0 bridgehead atoms. The molecule has 1 aliphatic heterocycles. The molecule has 2 heterocycles. The standard InChI is InChI=1S/C16H21N3O2S2/c1-13-4-3-5-14(10-13)16-17-15(12-22-16)11-18-6-8-19(9-7-18)23(2,20)21/h3-5,10,12H,6-9,11H2,1-2H3. The van der Waals surface area contributed by atoms with Crippen molar-refractivity contribution in [1.82, 2.24) is 14.2 Å². The van der Waals surface area contributed by atoms with Crippen LogP contribution in [0.1, 0.15) is 11.3 Å². The molecule has 3 rings (SSSR count). The van der Waals surface area contributed by atoms with Crippen LogP contribution < -0.4 is 0 Å². The van der Waals surface area contributed by atoms with E-state index in [2.05, 4.69) is 41.5 Å². The summed E-state index contributed by atoms with van der Waals surface area (Å²) in [4.78, 5) is 6.99. The topological polar surface area (TPSA) is 53.5 Å². The molecule has 1 saturated heterocycles. The Morgan fingerprint density at radius 3 is 2.61 bits per heavy atom. The molecule has 1 aliphatic rings. The average molecular weight is 351 g/mol. The molecule has 0 N–H and O–H groups in total. The highest BCUT2D eigenvalue weighted by atomic mass is 32.2. The molecule has 0 spiro atoms. The summed E-state index contributed by atoms with van der Waals surface area (Å²) in [6.07, 6.45) is 1.28. The van der Waals surface area contributed by atoms with E-state index in [1.807, 2.05) is 0 Å². The Labute approximate surface area is 141 Å². The van der Waals surface area contributed by atoms with Crippen LogP contribution in [0.5, 0.6) is 0 Å². The quantitative estimate of drug-likeness (QED) is 0.847. The maximum absolute atomic E-state index is 11.5. The molecule has 2 aromatic rings. The van der Waals surface area contributed by atoms with E-state index < -0.39 is 10.0 Å². The van der Waals surface area contributed by atoms with Gasteiger partial charge in [-0.3, -0.25) is 4.90 Å². The Kier molecular flexibility index (Phi) is 4.82. The van der Waals surface area contributed by atoms with Crippen molar-refractivity contribution in [2.75, 3.05) is 32.4 Å². The van der Waals surface area contributed by atoms with Crippen LogP contribution in [-0.4, -0.2) is 55.0 Å². The first-order valence-electron chi connectivity index (χ1n) is 7.61. The molecule has 1 fully saturated rings.